The predicted molar refractivity (Wildman–Crippen MR) is 142 cm³/mol. The first kappa shape index (κ1) is 35.9. The molecule has 0 aromatic heterocycles. The van der Waals surface area contributed by atoms with E-state index in [9.17, 15) is 39.0 Å². The predicted octanol–water partition coefficient (Wildman–Crippen LogP) is 7.08. The minimum Gasteiger partial charge on any atom is -0.491 e. The molecular formula is C26H14F8O10S3. The molecule has 0 radical (unpaired) electrons. The lowest BCUT2D eigenvalue weighted by Gasteiger charge is -2.17. The van der Waals surface area contributed by atoms with Crippen molar-refractivity contribution >= 4 is 32.0 Å². The summed E-state index contributed by atoms with van der Waals surface area (Å²) in [6.45, 7) is 1.51. The van der Waals surface area contributed by atoms with Crippen molar-refractivity contribution in [1.29, 1.82) is 0 Å². The van der Waals surface area contributed by atoms with Crippen LogP contribution in [0.1, 0.15) is 5.56 Å². The zero-order valence-corrected chi connectivity index (χ0v) is 25.3. The van der Waals surface area contributed by atoms with E-state index in [1.165, 1.54) is 13.0 Å². The summed E-state index contributed by atoms with van der Waals surface area (Å²) in [6, 6.07) is 4.63. The monoisotopic (exact) mass is 734 g/mol. The van der Waals surface area contributed by atoms with Gasteiger partial charge in [-0.1, -0.05) is 11.1 Å². The van der Waals surface area contributed by atoms with Gasteiger partial charge in [-0.15, -0.1) is 4.33 Å². The van der Waals surface area contributed by atoms with Crippen molar-refractivity contribution in [1.82, 2.24) is 0 Å². The maximum Gasteiger partial charge on any atom is 0.298 e. The van der Waals surface area contributed by atoms with Crippen LogP contribution in [0.2, 0.25) is 0 Å². The van der Waals surface area contributed by atoms with Crippen LogP contribution in [0.3, 0.4) is 0 Å². The van der Waals surface area contributed by atoms with Crippen LogP contribution in [0.25, 0.3) is 11.1 Å². The van der Waals surface area contributed by atoms with E-state index in [4.69, 9.17) is 5.26 Å². The molecule has 0 aliphatic carbocycles. The van der Waals surface area contributed by atoms with Gasteiger partial charge in [0, 0.05) is 4.90 Å². The van der Waals surface area contributed by atoms with E-state index >= 15 is 17.6 Å². The van der Waals surface area contributed by atoms with Gasteiger partial charge in [-0.2, -0.15) is 26.0 Å². The first-order chi connectivity index (χ1) is 21.9. The molecule has 252 valence electrons. The van der Waals surface area contributed by atoms with Crippen LogP contribution in [-0.4, -0.2) is 33.8 Å². The molecule has 0 amide bonds. The number of sulfone groups is 1. The number of methoxy groups -OCH3 is 1. The van der Waals surface area contributed by atoms with Crippen molar-refractivity contribution < 1.29 is 80.6 Å². The first-order valence-electron chi connectivity index (χ1n) is 11.9. The fraction of sp³-hybridized carbons (Fsp3) is 0.0769. The van der Waals surface area contributed by atoms with Gasteiger partial charge in [-0.05, 0) is 42.8 Å². The van der Waals surface area contributed by atoms with Gasteiger partial charge in [-0.25, -0.2) is 31.2 Å². The minimum atomic E-state index is -5.55. The van der Waals surface area contributed by atoms with Crippen LogP contribution < -0.4 is 9.47 Å². The van der Waals surface area contributed by atoms with Crippen LogP contribution >= 0.6 is 12.0 Å². The van der Waals surface area contributed by atoms with Crippen LogP contribution in [0, 0.1) is 53.5 Å². The number of hydrogen-bond acceptors (Lipinski definition) is 10. The third-order valence-corrected chi connectivity index (χ3v) is 9.61. The Balaban J connectivity index is 1.86. The van der Waals surface area contributed by atoms with Gasteiger partial charge in [0.15, 0.2) is 29.0 Å². The molecule has 4 aromatic rings. The summed E-state index contributed by atoms with van der Waals surface area (Å²) in [5.41, 5.74) is -4.07. The molecule has 0 aliphatic rings. The van der Waals surface area contributed by atoms with Gasteiger partial charge in [0.25, 0.3) is 10.1 Å². The van der Waals surface area contributed by atoms with Crippen LogP contribution in [-0.2, 0) is 29.3 Å². The quantitative estimate of drug-likeness (QED) is 0.0430. The van der Waals surface area contributed by atoms with E-state index in [0.29, 0.717) is 36.8 Å². The van der Waals surface area contributed by atoms with Crippen molar-refractivity contribution in [3.8, 4) is 28.4 Å². The summed E-state index contributed by atoms with van der Waals surface area (Å²) >= 11 is 0.383. The SMILES string of the molecule is COc1c(F)c(F)c(-c2c(F)c(F)c(Oc3ccc(S(=O)(=O)c4ccc(C)c(SOOO)c4)cc3S(=O)(=O)O)c(F)c2F)c(F)c1F. The highest BCUT2D eigenvalue weighted by Crippen LogP contribution is 2.43. The van der Waals surface area contributed by atoms with Gasteiger partial charge in [0.2, 0.25) is 38.9 Å². The highest BCUT2D eigenvalue weighted by atomic mass is 32.2. The Labute approximate surface area is 262 Å². The Kier molecular flexibility index (Phi) is 10.1. The summed E-state index contributed by atoms with van der Waals surface area (Å²) in [5, 5.41) is 11.8. The smallest absolute Gasteiger partial charge is 0.298 e. The van der Waals surface area contributed by atoms with Gasteiger partial charge in [0.05, 0.1) is 40.1 Å². The largest absolute Gasteiger partial charge is 0.491 e. The molecule has 10 nitrogen and oxygen atoms in total. The minimum absolute atomic E-state index is 0.0911. The van der Waals surface area contributed by atoms with E-state index in [2.05, 4.69) is 18.8 Å². The van der Waals surface area contributed by atoms with E-state index in [0.717, 1.165) is 12.1 Å². The highest BCUT2D eigenvalue weighted by Gasteiger charge is 2.36. The number of halogens is 8. The zero-order valence-electron chi connectivity index (χ0n) is 22.9. The summed E-state index contributed by atoms with van der Waals surface area (Å²) in [6.07, 6.45) is 0. The van der Waals surface area contributed by atoms with Gasteiger partial charge in [0.1, 0.15) is 10.6 Å². The second-order valence-corrected chi connectivity index (χ2v) is 13.0. The normalized spacial score (nSPS) is 12.0. The third kappa shape index (κ3) is 6.46. The van der Waals surface area contributed by atoms with E-state index in [1.807, 2.05) is 0 Å². The van der Waals surface area contributed by atoms with Crippen molar-refractivity contribution in [3.63, 3.8) is 0 Å². The average Bonchev–Trinajstić information content (AvgIpc) is 3.02. The summed E-state index contributed by atoms with van der Waals surface area (Å²) in [5.74, 6) is -25.3. The molecule has 0 aliphatic heterocycles. The van der Waals surface area contributed by atoms with Gasteiger partial charge < -0.3 is 9.47 Å². The average molecular weight is 735 g/mol. The lowest BCUT2D eigenvalue weighted by atomic mass is 10.0. The molecule has 0 spiro atoms. The maximum absolute atomic E-state index is 15.1. The summed E-state index contributed by atoms with van der Waals surface area (Å²) in [4.78, 5) is -2.80. The molecule has 0 heterocycles. The number of benzene rings is 4. The summed E-state index contributed by atoms with van der Waals surface area (Å²) < 4.78 is 191. The molecule has 21 heteroatoms. The summed E-state index contributed by atoms with van der Waals surface area (Å²) in [7, 11) is -9.65. The highest BCUT2D eigenvalue weighted by molar-refractivity contribution is 7.94. The fourth-order valence-electron chi connectivity index (χ4n) is 4.01. The molecule has 0 bridgehead atoms. The van der Waals surface area contributed by atoms with Crippen molar-refractivity contribution in [3.05, 3.63) is 88.5 Å². The maximum atomic E-state index is 15.1. The van der Waals surface area contributed by atoms with Crippen molar-refractivity contribution in [2.75, 3.05) is 7.11 Å². The molecule has 0 unspecified atom stereocenters. The second kappa shape index (κ2) is 13.3. The number of ether oxygens (including phenoxy) is 2. The lowest BCUT2D eigenvalue weighted by molar-refractivity contribution is -0.432. The topological polar surface area (TPSA) is 146 Å². The van der Waals surface area contributed by atoms with E-state index in [-0.39, 0.29) is 11.0 Å². The fourth-order valence-corrected chi connectivity index (χ4v) is 6.59. The molecular weight excluding hydrogens is 720 g/mol. The number of rotatable bonds is 10. The van der Waals surface area contributed by atoms with E-state index in [1.54, 1.807) is 0 Å². The Morgan fingerprint density at radius 3 is 1.62 bits per heavy atom. The number of hydrogen-bond donors (Lipinski definition) is 2. The molecule has 0 atom stereocenters. The Morgan fingerprint density at radius 1 is 0.681 bits per heavy atom. The third-order valence-electron chi connectivity index (χ3n) is 6.24. The Morgan fingerprint density at radius 2 is 1.15 bits per heavy atom. The molecule has 0 saturated heterocycles. The van der Waals surface area contributed by atoms with Gasteiger partial charge in [-0.3, -0.25) is 4.55 Å². The Hall–Kier alpha value is -3.99. The standard InChI is InChI=1S/C26H14F8O10S3/c1-9-3-4-10(7-13(9)45-44-43-35)46(36,37)11-5-6-12(14(8-11)47(38,39)40)42-26-23(33)19(29)16(20(30)24(26)34)15-17(27)21(31)25(41-2)22(32)18(15)28/h3-8,35H,1-2H3,(H,38,39,40). The second-order valence-electron chi connectivity index (χ2n) is 8.97. The molecule has 0 saturated carbocycles. The molecule has 4 rings (SSSR count). The number of aryl methyl sites for hydroxylation is 1. The Bertz CT molecular complexity index is 2090. The molecule has 47 heavy (non-hydrogen) atoms. The van der Waals surface area contributed by atoms with Crippen LogP contribution in [0.4, 0.5) is 35.1 Å². The van der Waals surface area contributed by atoms with E-state index < -0.39 is 110 Å². The first-order valence-corrected chi connectivity index (χ1v) is 15.6. The van der Waals surface area contributed by atoms with Crippen molar-refractivity contribution in [2.45, 2.75) is 26.5 Å². The van der Waals surface area contributed by atoms with Gasteiger partial charge >= 0.3 is 0 Å². The van der Waals surface area contributed by atoms with Crippen molar-refractivity contribution in [2.24, 2.45) is 0 Å². The lowest BCUT2D eigenvalue weighted by Crippen LogP contribution is -2.10. The molecule has 4 aromatic carbocycles. The zero-order chi connectivity index (χ0) is 35.2. The molecule has 2 N–H and O–H groups in total. The van der Waals surface area contributed by atoms with Crippen LogP contribution in [0.5, 0.6) is 17.2 Å². The molecule has 0 fully saturated rings. The van der Waals surface area contributed by atoms with Crippen LogP contribution in [0.15, 0.2) is 56.0 Å².